The third kappa shape index (κ3) is 14.5. The minimum Gasteiger partial charge on any atom is -0.493 e. The van der Waals surface area contributed by atoms with Crippen molar-refractivity contribution in [3.8, 4) is 11.5 Å². The lowest BCUT2D eigenvalue weighted by atomic mass is 9.63. The normalized spacial score (nSPS) is 18.9. The van der Waals surface area contributed by atoms with E-state index in [1.165, 1.54) is 36.4 Å². The maximum absolute atomic E-state index is 13.3. The van der Waals surface area contributed by atoms with Crippen LogP contribution in [0.25, 0.3) is 0 Å². The minimum atomic E-state index is -4.43. The molecule has 2 N–H and O–H groups in total. The molecule has 4 aliphatic rings. The maximum atomic E-state index is 13.3. The van der Waals surface area contributed by atoms with Gasteiger partial charge in [0.2, 0.25) is 5.91 Å². The number of halogens is 10. The van der Waals surface area contributed by atoms with Crippen LogP contribution in [0.3, 0.4) is 0 Å². The van der Waals surface area contributed by atoms with Crippen molar-refractivity contribution < 1.29 is 63.7 Å². The van der Waals surface area contributed by atoms with Crippen LogP contribution < -0.4 is 14.8 Å². The van der Waals surface area contributed by atoms with Crippen molar-refractivity contribution in [2.45, 2.75) is 110 Å². The van der Waals surface area contributed by atoms with E-state index in [0.29, 0.717) is 67.0 Å². The number of benzene rings is 4. The minimum absolute atomic E-state index is 0. The van der Waals surface area contributed by atoms with Crippen molar-refractivity contribution in [1.29, 1.82) is 0 Å². The van der Waals surface area contributed by atoms with Crippen LogP contribution in [0.15, 0.2) is 97.1 Å². The third-order valence-corrected chi connectivity index (χ3v) is 12.7. The molecule has 8 rings (SSSR count). The molecule has 68 heavy (non-hydrogen) atoms. The summed E-state index contributed by atoms with van der Waals surface area (Å²) in [7, 11) is 0. The van der Waals surface area contributed by atoms with Crippen LogP contribution in [-0.4, -0.2) is 61.3 Å². The highest BCUT2D eigenvalue weighted by Crippen LogP contribution is 2.47. The smallest absolute Gasteiger partial charge is 0.416 e. The van der Waals surface area contributed by atoms with Crippen LogP contribution >= 0.6 is 11.6 Å². The molecular formula is C51H64ClF9N2O5. The van der Waals surface area contributed by atoms with E-state index in [4.69, 9.17) is 21.1 Å². The van der Waals surface area contributed by atoms with Crippen LogP contribution in [0.1, 0.15) is 109 Å². The van der Waals surface area contributed by atoms with Crippen molar-refractivity contribution in [2.75, 3.05) is 39.4 Å². The van der Waals surface area contributed by atoms with Gasteiger partial charge in [0.05, 0.1) is 40.7 Å². The van der Waals surface area contributed by atoms with Crippen LogP contribution in [0.2, 0.25) is 5.02 Å². The summed E-state index contributed by atoms with van der Waals surface area (Å²) in [6.45, 7) is 3.69. The van der Waals surface area contributed by atoms with Crippen LogP contribution in [-0.2, 0) is 38.9 Å². The number of rotatable bonds is 10. The fraction of sp³-hybridized carbons (Fsp3) is 0.490. The first-order chi connectivity index (χ1) is 30.2. The number of hydrogen-bond acceptors (Lipinski definition) is 5. The third-order valence-electron chi connectivity index (χ3n) is 12.5. The highest BCUT2D eigenvalue weighted by molar-refractivity contribution is 6.30. The van der Waals surface area contributed by atoms with Gasteiger partial charge < -0.3 is 24.8 Å². The Morgan fingerprint density at radius 2 is 1.00 bits per heavy atom. The Morgan fingerprint density at radius 1 is 0.603 bits per heavy atom. The molecule has 2 atom stereocenters. The van der Waals surface area contributed by atoms with Crippen molar-refractivity contribution in [2.24, 2.45) is 11.8 Å². The number of alkyl halides is 9. The highest BCUT2D eigenvalue weighted by atomic mass is 35.5. The molecular weight excluding hydrogens is 927 g/mol. The number of carbonyl (C=O) groups is 2. The number of nitrogens with one attached hydrogen (secondary N) is 1. The van der Waals surface area contributed by atoms with Gasteiger partial charge in [-0.3, -0.25) is 9.59 Å². The van der Waals surface area contributed by atoms with Crippen LogP contribution in [0.4, 0.5) is 39.5 Å². The number of carboxylic acids is 1. The molecule has 2 saturated heterocycles. The molecule has 4 aromatic carbocycles. The van der Waals surface area contributed by atoms with Gasteiger partial charge in [-0.1, -0.05) is 78.4 Å². The molecule has 4 fully saturated rings. The number of amides is 1. The number of carbonyl (C=O) groups excluding carboxylic acids is 1. The number of nitrogens with zero attached hydrogens (tertiary/aromatic N) is 1. The number of aliphatic carboxylic acids is 1. The van der Waals surface area contributed by atoms with Gasteiger partial charge in [0.15, 0.2) is 0 Å². The van der Waals surface area contributed by atoms with Crippen molar-refractivity contribution in [3.63, 3.8) is 0 Å². The first kappa shape index (κ1) is 59.2. The van der Waals surface area contributed by atoms with Crippen molar-refractivity contribution >= 4 is 23.5 Å². The monoisotopic (exact) mass is 990 g/mol. The summed E-state index contributed by atoms with van der Waals surface area (Å²) in [5, 5.41) is 13.0. The van der Waals surface area contributed by atoms with E-state index in [9.17, 15) is 54.2 Å². The van der Waals surface area contributed by atoms with E-state index in [2.05, 4.69) is 5.32 Å². The van der Waals surface area contributed by atoms with E-state index in [0.717, 1.165) is 87.2 Å². The molecule has 0 unspecified atom stereocenters. The second-order valence-corrected chi connectivity index (χ2v) is 17.1. The maximum Gasteiger partial charge on any atom is 0.416 e. The van der Waals surface area contributed by atoms with Gasteiger partial charge in [0, 0.05) is 36.5 Å². The first-order valence-electron chi connectivity index (χ1n) is 21.0. The van der Waals surface area contributed by atoms with Crippen molar-refractivity contribution in [3.05, 3.63) is 130 Å². The molecule has 0 spiro atoms. The van der Waals surface area contributed by atoms with Crippen LogP contribution in [0, 0.1) is 11.8 Å². The summed E-state index contributed by atoms with van der Waals surface area (Å²) in [5.41, 5.74) is -2.07. The topological polar surface area (TPSA) is 88.1 Å². The molecule has 7 nitrogen and oxygen atoms in total. The molecule has 0 bridgehead atoms. The Kier molecular flexibility index (Phi) is 21.4. The Morgan fingerprint density at radius 3 is 1.37 bits per heavy atom. The van der Waals surface area contributed by atoms with Gasteiger partial charge in [0.1, 0.15) is 11.5 Å². The summed E-state index contributed by atoms with van der Waals surface area (Å²) < 4.78 is 125. The predicted octanol–water partition coefficient (Wildman–Crippen LogP) is 14.2. The van der Waals surface area contributed by atoms with Crippen molar-refractivity contribution in [1.82, 2.24) is 10.2 Å². The summed E-state index contributed by atoms with van der Waals surface area (Å²) in [4.78, 5) is 26.2. The fourth-order valence-electron chi connectivity index (χ4n) is 8.28. The molecule has 17 heteroatoms. The van der Waals surface area contributed by atoms with E-state index < -0.39 is 52.0 Å². The van der Waals surface area contributed by atoms with Gasteiger partial charge >= 0.3 is 24.5 Å². The quantitative estimate of drug-likeness (QED) is 0.154. The second-order valence-electron chi connectivity index (χ2n) is 16.7. The summed E-state index contributed by atoms with van der Waals surface area (Å²) in [6.07, 6.45) is -6.87. The average Bonchev–Trinajstić information content (AvgIpc) is 3.92. The summed E-state index contributed by atoms with van der Waals surface area (Å²) >= 11 is 5.76. The second kappa shape index (κ2) is 24.5. The lowest BCUT2D eigenvalue weighted by molar-refractivity contribution is -0.147. The number of carboxylic acid groups (broad SMARTS) is 1. The Labute approximate surface area is 399 Å². The van der Waals surface area contributed by atoms with E-state index in [1.807, 2.05) is 12.1 Å². The van der Waals surface area contributed by atoms with Gasteiger partial charge in [0.25, 0.3) is 0 Å². The molecule has 0 radical (unpaired) electrons. The molecule has 378 valence electrons. The number of likely N-dealkylation sites (tertiary alicyclic amines) is 1. The SMILES string of the molecule is C.C.C.C.FC(F)(F)c1ccc(OC[C@H]2CCNC2)cc1.O=C(N1CC[C@H](COc2ccc(C(F)(F)F)cc2)C1)C1(c2ccc(C(F)(F)F)cc2)CCC1.O=C(O)C1(c2ccc(Cl)cc2)CCC1. The van der Waals surface area contributed by atoms with Gasteiger partial charge in [-0.2, -0.15) is 39.5 Å². The Bertz CT molecular complexity index is 2150. The van der Waals surface area contributed by atoms with E-state index in [-0.39, 0.29) is 48.1 Å². The summed E-state index contributed by atoms with van der Waals surface area (Å²) in [6, 6.07) is 21.3. The van der Waals surface area contributed by atoms with E-state index in [1.54, 1.807) is 17.0 Å². The zero-order chi connectivity index (χ0) is 46.3. The lowest BCUT2D eigenvalue weighted by Gasteiger charge is -2.43. The first-order valence-corrected chi connectivity index (χ1v) is 21.3. The number of hydrogen-bond donors (Lipinski definition) is 2. The molecule has 4 aromatic rings. The van der Waals surface area contributed by atoms with Gasteiger partial charge in [-0.15, -0.1) is 0 Å². The summed E-state index contributed by atoms with van der Waals surface area (Å²) in [5.74, 6) is 0.507. The van der Waals surface area contributed by atoms with Gasteiger partial charge in [-0.25, -0.2) is 0 Å². The number of ether oxygens (including phenoxy) is 2. The Hall–Kier alpha value is -4.96. The zero-order valence-electron chi connectivity index (χ0n) is 34.6. The van der Waals surface area contributed by atoms with Gasteiger partial charge in [-0.05, 0) is 129 Å². The fourth-order valence-corrected chi connectivity index (χ4v) is 8.41. The van der Waals surface area contributed by atoms with E-state index >= 15 is 0 Å². The largest absolute Gasteiger partial charge is 0.493 e. The van der Waals surface area contributed by atoms with Crippen LogP contribution in [0.5, 0.6) is 11.5 Å². The highest BCUT2D eigenvalue weighted by Gasteiger charge is 2.49. The standard InChI is InChI=1S/C24H23F6NO2.C12H14F3NO.C11H11ClO2.4CH4/c25-23(26,27)18-4-2-17(3-5-18)22(11-1-12-22)21(32)31-13-10-16(14-31)15-33-20-8-6-19(7-9-20)24(28,29)30;13-12(14,15)10-1-3-11(4-2-10)17-8-9-5-6-16-7-9;12-9-4-2-8(3-5-9)11(10(13)14)6-1-7-11;;;;/h2-9,16H,1,10-15H2;1-4,9,16H,5-8H2;2-5H,1,6-7H2,(H,13,14);4*1H4/t16-;9-;;;;;/m00...../s1. The average molecular weight is 992 g/mol. The molecule has 0 aromatic heterocycles. The lowest BCUT2D eigenvalue weighted by Crippen LogP contribution is -2.50. The molecule has 1 amide bonds. The molecule has 2 heterocycles. The zero-order valence-corrected chi connectivity index (χ0v) is 35.4. The Balaban J connectivity index is 0.000000382. The predicted molar refractivity (Wildman–Crippen MR) is 248 cm³/mol. The molecule has 2 aliphatic carbocycles. The molecule has 2 aliphatic heterocycles. The molecule has 2 saturated carbocycles.